The molecule has 0 spiro atoms. The lowest BCUT2D eigenvalue weighted by atomic mass is 9.93. The lowest BCUT2D eigenvalue weighted by Gasteiger charge is -2.20. The number of aromatic nitrogens is 1. The molecule has 0 radical (unpaired) electrons. The summed E-state index contributed by atoms with van der Waals surface area (Å²) in [6, 6.07) is 1.89. The Morgan fingerprint density at radius 3 is 3.20 bits per heavy atom. The zero-order chi connectivity index (χ0) is 10.8. The zero-order valence-electron chi connectivity index (χ0n) is 8.66. The van der Waals surface area contributed by atoms with Gasteiger partial charge in [0.2, 0.25) is 5.91 Å². The normalized spacial score (nSPS) is 19.5. The van der Waals surface area contributed by atoms with Crippen LogP contribution in [0.25, 0.3) is 0 Å². The highest BCUT2D eigenvalue weighted by Gasteiger charge is 2.19. The maximum absolute atomic E-state index is 10.9. The molecular formula is C11H14N2O2. The van der Waals surface area contributed by atoms with Crippen molar-refractivity contribution in [3.05, 3.63) is 23.5 Å². The van der Waals surface area contributed by atoms with E-state index in [1.54, 1.807) is 6.20 Å². The molecule has 4 heteroatoms. The Bertz CT molecular complexity index is 390. The monoisotopic (exact) mass is 206 g/mol. The number of rotatable bonds is 1. The number of aryl methyl sites for hydroxylation is 1. The van der Waals surface area contributed by atoms with E-state index in [-0.39, 0.29) is 5.91 Å². The molecule has 0 saturated carbocycles. The van der Waals surface area contributed by atoms with Crippen LogP contribution in [0.5, 0.6) is 0 Å². The number of hydrogen-bond acceptors (Lipinski definition) is 3. The van der Waals surface area contributed by atoms with Crippen molar-refractivity contribution in [3.63, 3.8) is 0 Å². The van der Waals surface area contributed by atoms with E-state index in [9.17, 15) is 9.90 Å². The fourth-order valence-corrected chi connectivity index (χ4v) is 1.92. The second kappa shape index (κ2) is 3.98. The van der Waals surface area contributed by atoms with E-state index in [1.165, 1.54) is 6.92 Å². The second-order valence-corrected chi connectivity index (χ2v) is 3.86. The van der Waals surface area contributed by atoms with Crippen molar-refractivity contribution in [2.75, 3.05) is 5.32 Å². The highest BCUT2D eigenvalue weighted by Crippen LogP contribution is 2.29. The maximum Gasteiger partial charge on any atom is 0.221 e. The fraction of sp³-hybridized carbons (Fsp3) is 0.455. The molecule has 0 aliphatic heterocycles. The molecule has 1 aliphatic carbocycles. The van der Waals surface area contributed by atoms with Crippen LogP contribution in [-0.2, 0) is 11.2 Å². The number of amides is 1. The van der Waals surface area contributed by atoms with Crippen LogP contribution in [0.4, 0.5) is 5.69 Å². The van der Waals surface area contributed by atoms with Gasteiger partial charge in [-0.15, -0.1) is 0 Å². The number of nitrogens with one attached hydrogen (secondary N) is 1. The number of aliphatic hydroxyl groups is 1. The molecule has 80 valence electrons. The van der Waals surface area contributed by atoms with Crippen molar-refractivity contribution in [1.82, 2.24) is 4.98 Å². The van der Waals surface area contributed by atoms with Crippen LogP contribution in [0.15, 0.2) is 12.3 Å². The predicted molar refractivity (Wildman–Crippen MR) is 56.4 cm³/mol. The van der Waals surface area contributed by atoms with Gasteiger partial charge in [0.05, 0.1) is 23.7 Å². The number of pyridine rings is 1. The van der Waals surface area contributed by atoms with Gasteiger partial charge in [0, 0.05) is 6.92 Å². The summed E-state index contributed by atoms with van der Waals surface area (Å²) in [5, 5.41) is 12.4. The average molecular weight is 206 g/mol. The third-order valence-electron chi connectivity index (χ3n) is 2.56. The van der Waals surface area contributed by atoms with E-state index in [4.69, 9.17) is 0 Å². The first-order valence-electron chi connectivity index (χ1n) is 5.11. The molecule has 4 nitrogen and oxygen atoms in total. The largest absolute Gasteiger partial charge is 0.387 e. The van der Waals surface area contributed by atoms with E-state index in [0.717, 1.165) is 30.5 Å². The van der Waals surface area contributed by atoms with Crippen molar-refractivity contribution in [2.24, 2.45) is 0 Å². The molecule has 1 heterocycles. The summed E-state index contributed by atoms with van der Waals surface area (Å²) in [5.41, 5.74) is 2.51. The van der Waals surface area contributed by atoms with Gasteiger partial charge in [-0.1, -0.05) is 0 Å². The van der Waals surface area contributed by atoms with Gasteiger partial charge >= 0.3 is 0 Å². The Balaban J connectivity index is 2.29. The van der Waals surface area contributed by atoms with Gasteiger partial charge in [0.25, 0.3) is 0 Å². The zero-order valence-corrected chi connectivity index (χ0v) is 8.66. The number of aliphatic hydroxyl groups excluding tert-OH is 1. The maximum atomic E-state index is 10.9. The first kappa shape index (κ1) is 10.1. The highest BCUT2D eigenvalue weighted by molar-refractivity contribution is 5.88. The molecule has 1 unspecified atom stereocenters. The van der Waals surface area contributed by atoms with E-state index in [2.05, 4.69) is 10.3 Å². The van der Waals surface area contributed by atoms with Crippen molar-refractivity contribution in [3.8, 4) is 0 Å². The Labute approximate surface area is 88.3 Å². The van der Waals surface area contributed by atoms with Crippen LogP contribution in [0.2, 0.25) is 0 Å². The molecule has 1 aromatic rings. The summed E-state index contributed by atoms with van der Waals surface area (Å²) < 4.78 is 0. The molecule has 1 atom stereocenters. The minimum absolute atomic E-state index is 0.104. The van der Waals surface area contributed by atoms with Crippen molar-refractivity contribution in [2.45, 2.75) is 32.3 Å². The van der Waals surface area contributed by atoms with E-state index < -0.39 is 6.10 Å². The number of nitrogens with zero attached hydrogens (tertiary/aromatic N) is 1. The molecule has 2 rings (SSSR count). The van der Waals surface area contributed by atoms with Crippen molar-refractivity contribution >= 4 is 11.6 Å². The quantitative estimate of drug-likeness (QED) is 0.730. The summed E-state index contributed by atoms with van der Waals surface area (Å²) in [6.07, 6.45) is 3.82. The van der Waals surface area contributed by atoms with E-state index in [0.29, 0.717) is 5.69 Å². The minimum atomic E-state index is -0.444. The molecule has 2 N–H and O–H groups in total. The summed E-state index contributed by atoms with van der Waals surface area (Å²) >= 11 is 0. The van der Waals surface area contributed by atoms with Crippen LogP contribution in [0.1, 0.15) is 37.1 Å². The van der Waals surface area contributed by atoms with Crippen LogP contribution in [0, 0.1) is 0 Å². The van der Waals surface area contributed by atoms with Gasteiger partial charge in [-0.05, 0) is 30.9 Å². The predicted octanol–water partition coefficient (Wildman–Crippen LogP) is 1.41. The Hall–Kier alpha value is -1.42. The highest BCUT2D eigenvalue weighted by atomic mass is 16.3. The van der Waals surface area contributed by atoms with Gasteiger partial charge in [-0.2, -0.15) is 0 Å². The Morgan fingerprint density at radius 2 is 2.47 bits per heavy atom. The van der Waals surface area contributed by atoms with Gasteiger partial charge in [0.1, 0.15) is 0 Å². The number of fused-ring (bicyclic) bond motifs is 1. The molecule has 1 amide bonds. The topological polar surface area (TPSA) is 62.2 Å². The minimum Gasteiger partial charge on any atom is -0.387 e. The van der Waals surface area contributed by atoms with Gasteiger partial charge < -0.3 is 10.4 Å². The number of carbonyl (C=O) groups is 1. The first-order valence-corrected chi connectivity index (χ1v) is 5.11. The van der Waals surface area contributed by atoms with Gasteiger partial charge in [-0.25, -0.2) is 0 Å². The number of anilines is 1. The molecule has 0 fully saturated rings. The lowest BCUT2D eigenvalue weighted by Crippen LogP contribution is -2.13. The average Bonchev–Trinajstić information content (AvgIpc) is 2.17. The summed E-state index contributed by atoms with van der Waals surface area (Å²) in [6.45, 7) is 1.47. The molecule has 1 aromatic heterocycles. The van der Waals surface area contributed by atoms with Gasteiger partial charge in [-0.3, -0.25) is 9.78 Å². The Kier molecular flexibility index (Phi) is 2.68. The van der Waals surface area contributed by atoms with Crippen LogP contribution >= 0.6 is 0 Å². The molecule has 0 bridgehead atoms. The first-order chi connectivity index (χ1) is 7.16. The standard InChI is InChI=1S/C11H14N2O2/c1-7(14)13-9-5-8-3-2-4-10(15)11(8)12-6-9/h5-6,10,15H,2-4H2,1H3,(H,13,14). The number of carbonyl (C=O) groups excluding carboxylic acids is 1. The fourth-order valence-electron chi connectivity index (χ4n) is 1.92. The third-order valence-corrected chi connectivity index (χ3v) is 2.56. The SMILES string of the molecule is CC(=O)Nc1cnc2c(c1)CCCC2O. The molecule has 0 aromatic carbocycles. The Morgan fingerprint density at radius 1 is 1.67 bits per heavy atom. The number of hydrogen-bond donors (Lipinski definition) is 2. The van der Waals surface area contributed by atoms with Crippen molar-refractivity contribution < 1.29 is 9.90 Å². The van der Waals surface area contributed by atoms with Gasteiger partial charge in [0.15, 0.2) is 0 Å². The smallest absolute Gasteiger partial charge is 0.221 e. The molecular weight excluding hydrogens is 192 g/mol. The summed E-state index contributed by atoms with van der Waals surface area (Å²) in [5.74, 6) is -0.104. The summed E-state index contributed by atoms with van der Waals surface area (Å²) in [4.78, 5) is 15.0. The lowest BCUT2D eigenvalue weighted by molar-refractivity contribution is -0.114. The van der Waals surface area contributed by atoms with Crippen LogP contribution in [-0.4, -0.2) is 16.0 Å². The molecule has 15 heavy (non-hydrogen) atoms. The summed E-state index contributed by atoms with van der Waals surface area (Å²) in [7, 11) is 0. The van der Waals surface area contributed by atoms with Crippen LogP contribution < -0.4 is 5.32 Å². The van der Waals surface area contributed by atoms with E-state index in [1.807, 2.05) is 6.07 Å². The van der Waals surface area contributed by atoms with Crippen molar-refractivity contribution in [1.29, 1.82) is 0 Å². The van der Waals surface area contributed by atoms with E-state index >= 15 is 0 Å². The molecule has 0 saturated heterocycles. The van der Waals surface area contributed by atoms with Crippen LogP contribution in [0.3, 0.4) is 0 Å². The second-order valence-electron chi connectivity index (χ2n) is 3.86. The molecule has 1 aliphatic rings. The third kappa shape index (κ3) is 2.15.